The van der Waals surface area contributed by atoms with Gasteiger partial charge in [0.1, 0.15) is 5.83 Å². The molecule has 2 aromatic carbocycles. The second-order valence-electron chi connectivity index (χ2n) is 11.8. The number of hydrogen-bond donors (Lipinski definition) is 1. The van der Waals surface area contributed by atoms with Crippen molar-refractivity contribution in [1.29, 1.82) is 0 Å². The Balaban J connectivity index is 1.51. The summed E-state index contributed by atoms with van der Waals surface area (Å²) in [6, 6.07) is 13.2. The highest BCUT2D eigenvalue weighted by atomic mass is 32.1. The molecule has 0 atom stereocenters. The molecule has 0 spiro atoms. The fourth-order valence-electron chi connectivity index (χ4n) is 5.11. The van der Waals surface area contributed by atoms with E-state index >= 15 is 0 Å². The third kappa shape index (κ3) is 6.51. The van der Waals surface area contributed by atoms with Crippen molar-refractivity contribution in [3.63, 3.8) is 0 Å². The lowest BCUT2D eigenvalue weighted by Crippen LogP contribution is -2.51. The van der Waals surface area contributed by atoms with Crippen LogP contribution in [0.15, 0.2) is 77.1 Å². The Kier molecular flexibility index (Phi) is 8.73. The number of carbonyl (C=O) groups excluding carboxylic acids is 1. The standard InChI is InChI=1S/C33H36FN5O3S/c1-21-25(7-6-8-27(21)36-31(40)22-9-11-23(12-10-22)33(2,3)4)28-20-37(5)32(41)30(35-28)39(38-15-17-42-18-16-38)24-13-14-29(43)26(34)19-24/h6-13,19-20H,14-18H2,1-5H3,(H,36,40). The topological polar surface area (TPSA) is 79.7 Å². The SMILES string of the molecule is Cc1c(NC(=O)c2ccc(C(C)(C)C)cc2)cccc1-c1cn(C)c(=O)c(N(C2=CCC(=S)C(F)=C2)N2CCOCC2)n1. The number of benzene rings is 2. The third-order valence-electron chi connectivity index (χ3n) is 7.68. The van der Waals surface area contributed by atoms with E-state index in [1.54, 1.807) is 18.3 Å². The van der Waals surface area contributed by atoms with Crippen LogP contribution in [0.25, 0.3) is 11.3 Å². The number of morpholine rings is 1. The molecule has 1 fully saturated rings. The van der Waals surface area contributed by atoms with Gasteiger partial charge in [-0.2, -0.15) is 0 Å². The smallest absolute Gasteiger partial charge is 0.295 e. The summed E-state index contributed by atoms with van der Waals surface area (Å²) in [6.07, 6.45) is 5.09. The van der Waals surface area contributed by atoms with Crippen LogP contribution < -0.4 is 15.9 Å². The molecule has 5 rings (SSSR count). The second kappa shape index (κ2) is 12.3. The van der Waals surface area contributed by atoms with Gasteiger partial charge >= 0.3 is 0 Å². The monoisotopic (exact) mass is 601 g/mol. The fraction of sp³-hybridized carbons (Fsp3) is 0.333. The molecule has 1 N–H and O–H groups in total. The number of carbonyl (C=O) groups is 1. The van der Waals surface area contributed by atoms with Crippen LogP contribution >= 0.6 is 12.2 Å². The normalized spacial score (nSPS) is 16.0. The van der Waals surface area contributed by atoms with Gasteiger partial charge in [0.05, 0.1) is 29.5 Å². The number of thiocarbonyl (C=S) groups is 1. The minimum Gasteiger partial charge on any atom is -0.379 e. The first-order valence-corrected chi connectivity index (χ1v) is 14.7. The summed E-state index contributed by atoms with van der Waals surface area (Å²) in [5, 5.41) is 6.65. The van der Waals surface area contributed by atoms with Gasteiger partial charge in [0.2, 0.25) is 5.82 Å². The van der Waals surface area contributed by atoms with Gasteiger partial charge in [0.15, 0.2) is 0 Å². The summed E-state index contributed by atoms with van der Waals surface area (Å²) >= 11 is 5.13. The van der Waals surface area contributed by atoms with Crippen molar-refractivity contribution in [1.82, 2.24) is 14.6 Å². The molecule has 0 saturated carbocycles. The van der Waals surface area contributed by atoms with E-state index in [9.17, 15) is 14.0 Å². The summed E-state index contributed by atoms with van der Waals surface area (Å²) in [5.41, 5.74) is 4.57. The number of anilines is 2. The molecular formula is C33H36FN5O3S. The minimum atomic E-state index is -0.494. The Labute approximate surface area is 256 Å². The Bertz CT molecular complexity index is 1680. The fourth-order valence-corrected chi connectivity index (χ4v) is 5.25. The number of nitrogens with zero attached hydrogens (tertiary/aromatic N) is 4. The van der Waals surface area contributed by atoms with Gasteiger partial charge in [-0.05, 0) is 47.7 Å². The maximum absolute atomic E-state index is 14.7. The molecule has 2 heterocycles. The molecular weight excluding hydrogens is 565 g/mol. The third-order valence-corrected chi connectivity index (χ3v) is 8.04. The van der Waals surface area contributed by atoms with Crippen molar-refractivity contribution in [2.24, 2.45) is 7.05 Å². The maximum atomic E-state index is 14.7. The molecule has 1 saturated heterocycles. The number of aryl methyl sites for hydroxylation is 1. The summed E-state index contributed by atoms with van der Waals surface area (Å²) < 4.78 is 21.7. The molecule has 1 aliphatic carbocycles. The molecule has 2 aliphatic rings. The highest BCUT2D eigenvalue weighted by Crippen LogP contribution is 2.31. The lowest BCUT2D eigenvalue weighted by Gasteiger charge is -2.38. The van der Waals surface area contributed by atoms with E-state index in [0.29, 0.717) is 48.9 Å². The van der Waals surface area contributed by atoms with Crippen LogP contribution in [0.4, 0.5) is 15.9 Å². The van der Waals surface area contributed by atoms with E-state index < -0.39 is 5.83 Å². The van der Waals surface area contributed by atoms with Gasteiger partial charge < -0.3 is 14.6 Å². The summed E-state index contributed by atoms with van der Waals surface area (Å²) in [6.45, 7) is 10.2. The van der Waals surface area contributed by atoms with Gasteiger partial charge in [-0.25, -0.2) is 14.4 Å². The number of aromatic nitrogens is 2. The lowest BCUT2D eigenvalue weighted by atomic mass is 9.86. The lowest BCUT2D eigenvalue weighted by molar-refractivity contribution is 0.0354. The first kappa shape index (κ1) is 30.5. The van der Waals surface area contributed by atoms with Gasteiger partial charge in [-0.1, -0.05) is 63.3 Å². The highest BCUT2D eigenvalue weighted by molar-refractivity contribution is 7.80. The van der Waals surface area contributed by atoms with Crippen LogP contribution in [-0.4, -0.2) is 51.6 Å². The molecule has 10 heteroatoms. The maximum Gasteiger partial charge on any atom is 0.295 e. The number of hydrogen-bond acceptors (Lipinski definition) is 7. The number of rotatable bonds is 6. The number of hydrazine groups is 1. The number of nitrogens with one attached hydrogen (secondary N) is 1. The first-order chi connectivity index (χ1) is 20.4. The minimum absolute atomic E-state index is 0.0103. The zero-order valence-electron chi connectivity index (χ0n) is 25.1. The number of amides is 1. The van der Waals surface area contributed by atoms with Crippen LogP contribution in [0.2, 0.25) is 0 Å². The molecule has 43 heavy (non-hydrogen) atoms. The van der Waals surface area contributed by atoms with Gasteiger partial charge in [0, 0.05) is 49.6 Å². The van der Waals surface area contributed by atoms with Crippen molar-refractivity contribution < 1.29 is 13.9 Å². The van der Waals surface area contributed by atoms with E-state index in [1.807, 2.05) is 60.5 Å². The van der Waals surface area contributed by atoms with Crippen LogP contribution in [0, 0.1) is 6.92 Å². The van der Waals surface area contributed by atoms with Crippen molar-refractivity contribution in [2.45, 2.75) is 39.5 Å². The van der Waals surface area contributed by atoms with Gasteiger partial charge in [0.25, 0.3) is 11.5 Å². The summed E-state index contributed by atoms with van der Waals surface area (Å²) in [4.78, 5) is 31.8. The molecule has 8 nitrogen and oxygen atoms in total. The van der Waals surface area contributed by atoms with Crippen molar-refractivity contribution in [2.75, 3.05) is 36.6 Å². The molecule has 224 valence electrons. The second-order valence-corrected chi connectivity index (χ2v) is 12.2. The van der Waals surface area contributed by atoms with E-state index in [1.165, 1.54) is 10.6 Å². The molecule has 0 unspecified atom stereocenters. The quantitative estimate of drug-likeness (QED) is 0.354. The number of halogens is 1. The molecule has 0 radical (unpaired) electrons. The van der Waals surface area contributed by atoms with E-state index in [0.717, 1.165) is 16.7 Å². The van der Waals surface area contributed by atoms with E-state index in [2.05, 4.69) is 26.1 Å². The molecule has 1 amide bonds. The van der Waals surface area contributed by atoms with Crippen LogP contribution in [0.5, 0.6) is 0 Å². The van der Waals surface area contributed by atoms with Crippen LogP contribution in [-0.2, 0) is 17.2 Å². The van der Waals surface area contributed by atoms with E-state index in [4.69, 9.17) is 21.9 Å². The first-order valence-electron chi connectivity index (χ1n) is 14.3. The zero-order valence-corrected chi connectivity index (χ0v) is 25.9. The predicted octanol–water partition coefficient (Wildman–Crippen LogP) is 5.87. The zero-order chi connectivity index (χ0) is 30.9. The summed E-state index contributed by atoms with van der Waals surface area (Å²) in [5.74, 6) is -0.576. The van der Waals surface area contributed by atoms with Crippen molar-refractivity contribution in [3.8, 4) is 11.3 Å². The highest BCUT2D eigenvalue weighted by Gasteiger charge is 2.28. The van der Waals surface area contributed by atoms with Gasteiger partial charge in [-0.15, -0.1) is 0 Å². The Morgan fingerprint density at radius 2 is 1.81 bits per heavy atom. The number of allylic oxidation sites excluding steroid dienone is 3. The molecule has 1 aromatic heterocycles. The average molecular weight is 602 g/mol. The van der Waals surface area contributed by atoms with Crippen molar-refractivity contribution in [3.05, 3.63) is 99.4 Å². The largest absolute Gasteiger partial charge is 0.379 e. The van der Waals surface area contributed by atoms with Crippen LogP contribution in [0.1, 0.15) is 48.7 Å². The van der Waals surface area contributed by atoms with Crippen molar-refractivity contribution >= 4 is 34.5 Å². The Morgan fingerprint density at radius 1 is 1.12 bits per heavy atom. The molecule has 1 aliphatic heterocycles. The Hall–Kier alpha value is -3.99. The molecule has 3 aromatic rings. The van der Waals surface area contributed by atoms with Crippen LogP contribution in [0.3, 0.4) is 0 Å². The molecule has 0 bridgehead atoms. The predicted molar refractivity (Wildman–Crippen MR) is 172 cm³/mol. The average Bonchev–Trinajstić information content (AvgIpc) is 2.98. The summed E-state index contributed by atoms with van der Waals surface area (Å²) in [7, 11) is 1.66. The number of ether oxygens (including phenoxy) is 1. The Morgan fingerprint density at radius 3 is 2.47 bits per heavy atom. The van der Waals surface area contributed by atoms with Gasteiger partial charge in [-0.3, -0.25) is 14.6 Å². The van der Waals surface area contributed by atoms with E-state index in [-0.39, 0.29) is 34.0 Å².